The molecule has 0 aromatic rings. The molecule has 0 bridgehead atoms. The second-order valence-electron chi connectivity index (χ2n) is 3.95. The zero-order valence-corrected chi connectivity index (χ0v) is 8.21. The summed E-state index contributed by atoms with van der Waals surface area (Å²) in [5.74, 6) is -0.474. The molecule has 1 aliphatic rings. The van der Waals surface area contributed by atoms with Gasteiger partial charge in [0.1, 0.15) is 6.29 Å². The van der Waals surface area contributed by atoms with Crippen LogP contribution in [0.3, 0.4) is 0 Å². The van der Waals surface area contributed by atoms with Gasteiger partial charge in [-0.2, -0.15) is 0 Å². The summed E-state index contributed by atoms with van der Waals surface area (Å²) in [6.07, 6.45) is 4.54. The fourth-order valence-electron chi connectivity index (χ4n) is 2.03. The molecule has 0 heterocycles. The molecule has 0 amide bonds. The third kappa shape index (κ3) is 1.90. The molecule has 0 radical (unpaired) electrons. The van der Waals surface area contributed by atoms with E-state index in [1.165, 1.54) is 7.11 Å². The zero-order valence-electron chi connectivity index (χ0n) is 8.21. The van der Waals surface area contributed by atoms with Gasteiger partial charge in [-0.05, 0) is 12.8 Å². The second-order valence-corrected chi connectivity index (χ2v) is 3.95. The van der Waals surface area contributed by atoms with Gasteiger partial charge in [-0.3, -0.25) is 4.79 Å². The lowest BCUT2D eigenvalue weighted by atomic mass is 9.68. The first-order chi connectivity index (χ1) is 6.14. The molecule has 2 unspecified atom stereocenters. The highest BCUT2D eigenvalue weighted by Crippen LogP contribution is 2.39. The largest absolute Gasteiger partial charge is 0.469 e. The van der Waals surface area contributed by atoms with Crippen molar-refractivity contribution in [3.63, 3.8) is 0 Å². The molecule has 3 heteroatoms. The smallest absolute Gasteiger partial charge is 0.309 e. The third-order valence-corrected chi connectivity index (χ3v) is 3.01. The summed E-state index contributed by atoms with van der Waals surface area (Å²) in [5.41, 5.74) is -0.495. The summed E-state index contributed by atoms with van der Waals surface area (Å²) in [6, 6.07) is 0. The maximum atomic E-state index is 11.4. The van der Waals surface area contributed by atoms with Crippen molar-refractivity contribution < 1.29 is 14.3 Å². The lowest BCUT2D eigenvalue weighted by Crippen LogP contribution is -2.38. The number of ether oxygens (including phenoxy) is 1. The van der Waals surface area contributed by atoms with E-state index in [1.807, 2.05) is 6.92 Å². The standard InChI is InChI=1S/C10H16O3/c1-10(7-11)6-4-3-5-8(10)9(12)13-2/h7-8H,3-6H2,1-2H3. The fraction of sp³-hybridized carbons (Fsp3) is 0.800. The Hall–Kier alpha value is -0.860. The van der Waals surface area contributed by atoms with E-state index in [9.17, 15) is 9.59 Å². The highest BCUT2D eigenvalue weighted by atomic mass is 16.5. The Balaban J connectivity index is 2.78. The van der Waals surface area contributed by atoms with Crippen molar-refractivity contribution in [2.24, 2.45) is 11.3 Å². The SMILES string of the molecule is COC(=O)C1CCCCC1(C)C=O. The van der Waals surface area contributed by atoms with Crippen LogP contribution in [0.1, 0.15) is 32.6 Å². The molecule has 1 aliphatic carbocycles. The van der Waals surface area contributed by atoms with Gasteiger partial charge in [0.2, 0.25) is 0 Å². The van der Waals surface area contributed by atoms with Crippen molar-refractivity contribution in [3.05, 3.63) is 0 Å². The summed E-state index contributed by atoms with van der Waals surface area (Å²) in [5, 5.41) is 0. The molecule has 0 N–H and O–H groups in total. The van der Waals surface area contributed by atoms with E-state index in [-0.39, 0.29) is 11.9 Å². The average molecular weight is 184 g/mol. The van der Waals surface area contributed by atoms with Crippen molar-refractivity contribution in [1.29, 1.82) is 0 Å². The normalized spacial score (nSPS) is 33.8. The molecule has 0 aliphatic heterocycles. The molecular formula is C10H16O3. The van der Waals surface area contributed by atoms with Crippen molar-refractivity contribution in [3.8, 4) is 0 Å². The molecule has 0 saturated heterocycles. The van der Waals surface area contributed by atoms with Gasteiger partial charge in [0.05, 0.1) is 13.0 Å². The Morgan fingerprint density at radius 3 is 2.77 bits per heavy atom. The zero-order chi connectivity index (χ0) is 9.90. The fourth-order valence-corrected chi connectivity index (χ4v) is 2.03. The molecular weight excluding hydrogens is 168 g/mol. The van der Waals surface area contributed by atoms with E-state index in [0.717, 1.165) is 32.0 Å². The number of carbonyl (C=O) groups excluding carboxylic acids is 2. The first kappa shape index (κ1) is 10.2. The molecule has 0 spiro atoms. The van der Waals surface area contributed by atoms with Gasteiger partial charge in [0, 0.05) is 5.41 Å². The van der Waals surface area contributed by atoms with E-state index >= 15 is 0 Å². The maximum Gasteiger partial charge on any atom is 0.309 e. The van der Waals surface area contributed by atoms with Crippen LogP contribution >= 0.6 is 0 Å². The highest BCUT2D eigenvalue weighted by Gasteiger charge is 2.41. The molecule has 1 rings (SSSR count). The molecule has 0 aromatic carbocycles. The van der Waals surface area contributed by atoms with Gasteiger partial charge in [-0.25, -0.2) is 0 Å². The number of hydrogen-bond acceptors (Lipinski definition) is 3. The Morgan fingerprint density at radius 2 is 2.23 bits per heavy atom. The Morgan fingerprint density at radius 1 is 1.54 bits per heavy atom. The van der Waals surface area contributed by atoms with E-state index in [4.69, 9.17) is 0 Å². The van der Waals surface area contributed by atoms with Gasteiger partial charge < -0.3 is 9.53 Å². The second kappa shape index (κ2) is 3.90. The van der Waals surface area contributed by atoms with Crippen molar-refractivity contribution in [1.82, 2.24) is 0 Å². The minimum absolute atomic E-state index is 0.233. The van der Waals surface area contributed by atoms with Crippen LogP contribution in [-0.2, 0) is 14.3 Å². The van der Waals surface area contributed by atoms with Crippen molar-refractivity contribution >= 4 is 12.3 Å². The lowest BCUT2D eigenvalue weighted by molar-refractivity contribution is -0.154. The highest BCUT2D eigenvalue weighted by molar-refractivity contribution is 5.78. The van der Waals surface area contributed by atoms with Crippen LogP contribution in [-0.4, -0.2) is 19.4 Å². The Labute approximate surface area is 78.5 Å². The summed E-state index contributed by atoms with van der Waals surface area (Å²) in [7, 11) is 1.38. The van der Waals surface area contributed by atoms with Gasteiger partial charge in [-0.1, -0.05) is 19.8 Å². The number of aldehydes is 1. The minimum Gasteiger partial charge on any atom is -0.469 e. The van der Waals surface area contributed by atoms with Crippen LogP contribution in [0.25, 0.3) is 0 Å². The summed E-state index contributed by atoms with van der Waals surface area (Å²) >= 11 is 0. The van der Waals surface area contributed by atoms with Crippen LogP contribution in [0.4, 0.5) is 0 Å². The Bertz CT molecular complexity index is 212. The number of carbonyl (C=O) groups is 2. The molecule has 2 atom stereocenters. The van der Waals surface area contributed by atoms with E-state index in [2.05, 4.69) is 4.74 Å². The lowest BCUT2D eigenvalue weighted by Gasteiger charge is -2.34. The molecule has 1 fully saturated rings. The molecule has 3 nitrogen and oxygen atoms in total. The summed E-state index contributed by atoms with van der Waals surface area (Å²) in [6.45, 7) is 1.85. The predicted molar refractivity (Wildman–Crippen MR) is 48.1 cm³/mol. The molecule has 0 aromatic heterocycles. The number of methoxy groups -OCH3 is 1. The number of hydrogen-bond donors (Lipinski definition) is 0. The van der Waals surface area contributed by atoms with Crippen LogP contribution in [0.15, 0.2) is 0 Å². The van der Waals surface area contributed by atoms with Gasteiger partial charge in [-0.15, -0.1) is 0 Å². The van der Waals surface area contributed by atoms with E-state index < -0.39 is 5.41 Å². The van der Waals surface area contributed by atoms with Gasteiger partial charge in [0.25, 0.3) is 0 Å². The van der Waals surface area contributed by atoms with Crippen LogP contribution in [0.5, 0.6) is 0 Å². The van der Waals surface area contributed by atoms with Crippen molar-refractivity contribution in [2.45, 2.75) is 32.6 Å². The summed E-state index contributed by atoms with van der Waals surface area (Å²) < 4.78 is 4.69. The monoisotopic (exact) mass is 184 g/mol. The minimum atomic E-state index is -0.495. The Kier molecular flexibility index (Phi) is 3.07. The topological polar surface area (TPSA) is 43.4 Å². The third-order valence-electron chi connectivity index (χ3n) is 3.01. The molecule has 13 heavy (non-hydrogen) atoms. The quantitative estimate of drug-likeness (QED) is 0.483. The van der Waals surface area contributed by atoms with Gasteiger partial charge in [0.15, 0.2) is 0 Å². The van der Waals surface area contributed by atoms with Crippen LogP contribution in [0, 0.1) is 11.3 Å². The van der Waals surface area contributed by atoms with Crippen molar-refractivity contribution in [2.75, 3.05) is 7.11 Å². The summed E-state index contributed by atoms with van der Waals surface area (Å²) in [4.78, 5) is 22.3. The molecule has 1 saturated carbocycles. The van der Waals surface area contributed by atoms with Crippen LogP contribution in [0.2, 0.25) is 0 Å². The molecule has 74 valence electrons. The first-order valence-electron chi connectivity index (χ1n) is 4.68. The van der Waals surface area contributed by atoms with E-state index in [0.29, 0.717) is 0 Å². The average Bonchev–Trinajstić information content (AvgIpc) is 2.17. The number of esters is 1. The van der Waals surface area contributed by atoms with Crippen LogP contribution < -0.4 is 0 Å². The van der Waals surface area contributed by atoms with E-state index in [1.54, 1.807) is 0 Å². The maximum absolute atomic E-state index is 11.4. The van der Waals surface area contributed by atoms with Gasteiger partial charge >= 0.3 is 5.97 Å². The predicted octanol–water partition coefficient (Wildman–Crippen LogP) is 1.55. The number of rotatable bonds is 2. The first-order valence-corrected chi connectivity index (χ1v) is 4.68.